The molecule has 2 nitrogen and oxygen atoms in total. The van der Waals surface area contributed by atoms with Crippen molar-refractivity contribution < 1.29 is 4.79 Å². The van der Waals surface area contributed by atoms with E-state index in [1.54, 1.807) is 12.1 Å². The molecule has 1 amide bonds. The Morgan fingerprint density at radius 2 is 1.90 bits per heavy atom. The van der Waals surface area contributed by atoms with Gasteiger partial charge in [-0.1, -0.05) is 18.2 Å². The summed E-state index contributed by atoms with van der Waals surface area (Å²) in [4.78, 5) is 10.1. The molecule has 0 aliphatic heterocycles. The standard InChI is InChI=1S/C7H6NOS/c9-6-8(10)7-4-2-1-3-5-7/h1-6H/q-1. The Hall–Kier alpha value is -0.960. The third-order valence-corrected chi connectivity index (χ3v) is 1.40. The molecule has 1 aromatic carbocycles. The second-order valence-electron chi connectivity index (χ2n) is 1.77. The summed E-state index contributed by atoms with van der Waals surface area (Å²) in [6, 6.07) is 9.09. The van der Waals surface area contributed by atoms with Crippen LogP contribution in [0.5, 0.6) is 0 Å². The van der Waals surface area contributed by atoms with Crippen LogP contribution in [0.1, 0.15) is 0 Å². The number of hydrogen-bond acceptors (Lipinski definition) is 2. The zero-order valence-corrected chi connectivity index (χ0v) is 6.04. The summed E-state index contributed by atoms with van der Waals surface area (Å²) in [7, 11) is 0. The van der Waals surface area contributed by atoms with Gasteiger partial charge in [0.2, 0.25) is 0 Å². The molecule has 0 spiro atoms. The number of carbonyl (C=O) groups is 1. The molecule has 0 heterocycles. The highest BCUT2D eigenvalue weighted by atomic mass is 32.1. The van der Waals surface area contributed by atoms with Crippen LogP contribution in [0.4, 0.5) is 5.69 Å². The van der Waals surface area contributed by atoms with Gasteiger partial charge in [-0.3, -0.25) is 4.79 Å². The molecule has 0 N–H and O–H groups in total. The van der Waals surface area contributed by atoms with Crippen LogP contribution in [-0.4, -0.2) is 6.41 Å². The van der Waals surface area contributed by atoms with E-state index in [0.29, 0.717) is 6.41 Å². The lowest BCUT2D eigenvalue weighted by molar-refractivity contribution is -0.106. The first-order valence-corrected chi connectivity index (χ1v) is 3.18. The van der Waals surface area contributed by atoms with E-state index in [-0.39, 0.29) is 0 Å². The van der Waals surface area contributed by atoms with Crippen LogP contribution in [0.2, 0.25) is 0 Å². The Morgan fingerprint density at radius 1 is 1.30 bits per heavy atom. The van der Waals surface area contributed by atoms with Crippen LogP contribution in [0.3, 0.4) is 0 Å². The van der Waals surface area contributed by atoms with Crippen molar-refractivity contribution in [1.29, 1.82) is 0 Å². The summed E-state index contributed by atoms with van der Waals surface area (Å²) in [6.45, 7) is 0. The topological polar surface area (TPSA) is 20.3 Å². The smallest absolute Gasteiger partial charge is 0.191 e. The molecule has 0 aliphatic rings. The predicted octanol–water partition coefficient (Wildman–Crippen LogP) is 1.11. The molecule has 52 valence electrons. The molecule has 1 aromatic rings. The van der Waals surface area contributed by atoms with Crippen LogP contribution in [0, 0.1) is 0 Å². The molecule has 10 heavy (non-hydrogen) atoms. The van der Waals surface area contributed by atoms with E-state index in [1.807, 2.05) is 18.2 Å². The van der Waals surface area contributed by atoms with Crippen LogP contribution >= 0.6 is 0 Å². The first-order chi connectivity index (χ1) is 4.84. The van der Waals surface area contributed by atoms with Crippen LogP contribution < -0.4 is 4.31 Å². The summed E-state index contributed by atoms with van der Waals surface area (Å²) < 4.78 is 1.11. The second-order valence-corrected chi connectivity index (χ2v) is 2.16. The van der Waals surface area contributed by atoms with Crippen LogP contribution in [0.25, 0.3) is 0 Å². The summed E-state index contributed by atoms with van der Waals surface area (Å²) >= 11 is 4.67. The third-order valence-electron chi connectivity index (χ3n) is 1.11. The van der Waals surface area contributed by atoms with Crippen molar-refractivity contribution in [2.24, 2.45) is 0 Å². The van der Waals surface area contributed by atoms with Gasteiger partial charge in [-0.2, -0.15) is 0 Å². The van der Waals surface area contributed by atoms with Gasteiger partial charge in [-0.15, -0.1) is 0 Å². The highest BCUT2D eigenvalue weighted by molar-refractivity contribution is 7.61. The predicted molar refractivity (Wildman–Crippen MR) is 42.4 cm³/mol. The minimum Gasteiger partial charge on any atom is -0.658 e. The van der Waals surface area contributed by atoms with Gasteiger partial charge in [0.05, 0.1) is 0 Å². The zero-order chi connectivity index (χ0) is 7.40. The van der Waals surface area contributed by atoms with Crippen molar-refractivity contribution in [3.63, 3.8) is 0 Å². The van der Waals surface area contributed by atoms with Gasteiger partial charge in [-0.25, -0.2) is 0 Å². The van der Waals surface area contributed by atoms with Crippen molar-refractivity contribution in [1.82, 2.24) is 0 Å². The average molecular weight is 152 g/mol. The lowest BCUT2D eigenvalue weighted by atomic mass is 10.3. The van der Waals surface area contributed by atoms with E-state index in [2.05, 4.69) is 12.8 Å². The highest BCUT2D eigenvalue weighted by Crippen LogP contribution is 2.08. The van der Waals surface area contributed by atoms with Crippen molar-refractivity contribution in [3.8, 4) is 0 Å². The monoisotopic (exact) mass is 152 g/mol. The summed E-state index contributed by atoms with van der Waals surface area (Å²) in [5, 5.41) is 0. The van der Waals surface area contributed by atoms with Gasteiger partial charge in [-0.05, 0) is 12.1 Å². The molecule has 0 unspecified atom stereocenters. The number of anilines is 1. The van der Waals surface area contributed by atoms with E-state index in [0.717, 1.165) is 9.99 Å². The number of rotatable bonds is 2. The molecule has 0 aliphatic carbocycles. The normalized spacial score (nSPS) is 8.90. The number of benzene rings is 1. The number of carbonyl (C=O) groups excluding carboxylic acids is 1. The molecule has 0 bridgehead atoms. The average Bonchev–Trinajstić information content (AvgIpc) is 2.05. The summed E-state index contributed by atoms with van der Waals surface area (Å²) in [6.07, 6.45) is 0.602. The fourth-order valence-electron chi connectivity index (χ4n) is 0.636. The van der Waals surface area contributed by atoms with Crippen molar-refractivity contribution in [2.75, 3.05) is 4.31 Å². The molecule has 3 heteroatoms. The van der Waals surface area contributed by atoms with Gasteiger partial charge in [0.25, 0.3) is 0 Å². The van der Waals surface area contributed by atoms with E-state index in [9.17, 15) is 4.79 Å². The van der Waals surface area contributed by atoms with Gasteiger partial charge in [0.1, 0.15) is 0 Å². The lowest BCUT2D eigenvalue weighted by Gasteiger charge is -2.23. The highest BCUT2D eigenvalue weighted by Gasteiger charge is 1.85. The molecule has 1 rings (SSSR count). The largest absolute Gasteiger partial charge is 0.658 e. The fraction of sp³-hybridized carbons (Fsp3) is 0. The quantitative estimate of drug-likeness (QED) is 0.467. The first-order valence-electron chi connectivity index (χ1n) is 2.81. The van der Waals surface area contributed by atoms with E-state index >= 15 is 0 Å². The summed E-state index contributed by atoms with van der Waals surface area (Å²) in [5.41, 5.74) is 0.729. The van der Waals surface area contributed by atoms with Gasteiger partial charge < -0.3 is 17.1 Å². The third kappa shape index (κ3) is 1.51. The Labute approximate surface area is 65.0 Å². The second kappa shape index (κ2) is 3.27. The van der Waals surface area contributed by atoms with E-state index in [1.165, 1.54) is 0 Å². The van der Waals surface area contributed by atoms with Crippen molar-refractivity contribution in [2.45, 2.75) is 0 Å². The molecule has 0 saturated carbocycles. The fourth-order valence-corrected chi connectivity index (χ4v) is 0.757. The maximum Gasteiger partial charge on any atom is 0.191 e. The van der Waals surface area contributed by atoms with E-state index < -0.39 is 0 Å². The Bertz CT molecular complexity index is 212. The minimum absolute atomic E-state index is 0.602. The number of hydrogen-bond donors (Lipinski definition) is 0. The van der Waals surface area contributed by atoms with Gasteiger partial charge in [0.15, 0.2) is 6.41 Å². The van der Waals surface area contributed by atoms with Gasteiger partial charge >= 0.3 is 0 Å². The number of amides is 1. The SMILES string of the molecule is O=CN([S-])c1ccccc1. The molecule has 0 aromatic heterocycles. The number of nitrogens with zero attached hydrogens (tertiary/aromatic N) is 1. The molecular formula is C7H6NOS-. The Kier molecular flexibility index (Phi) is 2.34. The van der Waals surface area contributed by atoms with Gasteiger partial charge in [0, 0.05) is 5.69 Å². The Morgan fingerprint density at radius 3 is 2.40 bits per heavy atom. The number of para-hydroxylation sites is 1. The lowest BCUT2D eigenvalue weighted by Crippen LogP contribution is -2.10. The van der Waals surface area contributed by atoms with Crippen LogP contribution in [0.15, 0.2) is 30.3 Å². The summed E-state index contributed by atoms with van der Waals surface area (Å²) in [5.74, 6) is 0. The van der Waals surface area contributed by atoms with Crippen molar-refractivity contribution in [3.05, 3.63) is 30.3 Å². The van der Waals surface area contributed by atoms with E-state index in [4.69, 9.17) is 0 Å². The first kappa shape index (κ1) is 7.15. The van der Waals surface area contributed by atoms with Crippen molar-refractivity contribution >= 4 is 24.9 Å². The molecule has 0 saturated heterocycles. The van der Waals surface area contributed by atoms with Crippen LogP contribution in [-0.2, 0) is 17.6 Å². The molecule has 0 atom stereocenters. The molecular weight excluding hydrogens is 146 g/mol. The maximum absolute atomic E-state index is 10.1. The molecule has 0 fully saturated rings. The molecule has 0 radical (unpaired) electrons. The Balaban J connectivity index is 2.84. The minimum atomic E-state index is 0.602. The zero-order valence-electron chi connectivity index (χ0n) is 5.23. The maximum atomic E-state index is 10.1.